The molecule has 1 aliphatic carbocycles. The number of nitrogens with zero attached hydrogens (tertiary/aromatic N) is 3. The summed E-state index contributed by atoms with van der Waals surface area (Å²) in [6.45, 7) is 1.76. The van der Waals surface area contributed by atoms with E-state index in [2.05, 4.69) is 15.8 Å². The average Bonchev–Trinajstić information content (AvgIpc) is 3.00. The van der Waals surface area contributed by atoms with Gasteiger partial charge in [0.2, 0.25) is 10.0 Å². The molecule has 0 spiro atoms. The smallest absolute Gasteiger partial charge is 0.320 e. The Kier molecular flexibility index (Phi) is 5.63. The van der Waals surface area contributed by atoms with Crippen molar-refractivity contribution in [1.82, 2.24) is 9.55 Å². The number of fused-ring (bicyclic) bond motifs is 1. The SMILES string of the molecule is CCCS(=O)(=O)Nc1ccc(-c2c(C#N)c3cccnc3n2C2CCC2C(F)(F)F)cc1. The molecule has 1 saturated carbocycles. The van der Waals surface area contributed by atoms with E-state index in [9.17, 15) is 26.9 Å². The van der Waals surface area contributed by atoms with E-state index in [1.54, 1.807) is 43.3 Å². The van der Waals surface area contributed by atoms with Gasteiger partial charge in [0, 0.05) is 23.3 Å². The molecule has 3 aromatic rings. The molecule has 2 unspecified atom stereocenters. The van der Waals surface area contributed by atoms with Gasteiger partial charge in [0.25, 0.3) is 0 Å². The summed E-state index contributed by atoms with van der Waals surface area (Å²) in [6.07, 6.45) is -2.03. The van der Waals surface area contributed by atoms with E-state index in [0.717, 1.165) is 0 Å². The highest BCUT2D eigenvalue weighted by Crippen LogP contribution is 2.51. The van der Waals surface area contributed by atoms with Crippen molar-refractivity contribution in [2.45, 2.75) is 38.4 Å². The van der Waals surface area contributed by atoms with Crippen molar-refractivity contribution in [2.75, 3.05) is 10.5 Å². The Bertz CT molecular complexity index is 1290. The van der Waals surface area contributed by atoms with E-state index in [-0.39, 0.29) is 17.7 Å². The van der Waals surface area contributed by atoms with Crippen LogP contribution in [0.3, 0.4) is 0 Å². The maximum atomic E-state index is 13.6. The number of hydrogen-bond donors (Lipinski definition) is 1. The number of benzene rings is 1. The summed E-state index contributed by atoms with van der Waals surface area (Å²) in [7, 11) is -3.48. The first-order valence-electron chi connectivity index (χ1n) is 10.2. The Morgan fingerprint density at radius 1 is 1.22 bits per heavy atom. The van der Waals surface area contributed by atoms with Gasteiger partial charge in [0.15, 0.2) is 0 Å². The van der Waals surface area contributed by atoms with Crippen LogP contribution in [-0.2, 0) is 10.0 Å². The average molecular weight is 462 g/mol. The molecule has 0 amide bonds. The van der Waals surface area contributed by atoms with Crippen molar-refractivity contribution in [3.63, 3.8) is 0 Å². The largest absolute Gasteiger partial charge is 0.393 e. The third-order valence-corrected chi connectivity index (χ3v) is 7.26. The van der Waals surface area contributed by atoms with E-state index >= 15 is 0 Å². The fourth-order valence-corrected chi connectivity index (χ4v) is 5.36. The van der Waals surface area contributed by atoms with Crippen LogP contribution in [0.25, 0.3) is 22.3 Å². The molecule has 32 heavy (non-hydrogen) atoms. The second-order valence-corrected chi connectivity index (χ2v) is 9.71. The first-order valence-corrected chi connectivity index (χ1v) is 11.9. The molecule has 1 aliphatic rings. The Hall–Kier alpha value is -3.06. The highest BCUT2D eigenvalue weighted by Gasteiger charge is 2.51. The quantitative estimate of drug-likeness (QED) is 0.543. The second kappa shape index (κ2) is 8.13. The normalized spacial score (nSPS) is 18.8. The number of nitriles is 1. The highest BCUT2D eigenvalue weighted by atomic mass is 32.2. The molecule has 0 radical (unpaired) electrons. The van der Waals surface area contributed by atoms with Crippen LogP contribution in [0.15, 0.2) is 42.6 Å². The monoisotopic (exact) mass is 462 g/mol. The molecule has 168 valence electrons. The van der Waals surface area contributed by atoms with E-state index in [1.165, 1.54) is 10.8 Å². The minimum absolute atomic E-state index is 0.0201. The molecule has 2 aromatic heterocycles. The number of alkyl halides is 3. The molecule has 6 nitrogen and oxygen atoms in total. The third kappa shape index (κ3) is 3.93. The van der Waals surface area contributed by atoms with Crippen LogP contribution in [0.5, 0.6) is 0 Å². The predicted octanol–water partition coefficient (Wildman–Crippen LogP) is 5.24. The fraction of sp³-hybridized carbons (Fsp3) is 0.364. The lowest BCUT2D eigenvalue weighted by molar-refractivity contribution is -0.208. The molecule has 1 N–H and O–H groups in total. The molecule has 1 aromatic carbocycles. The van der Waals surface area contributed by atoms with Crippen LogP contribution in [0.4, 0.5) is 18.9 Å². The maximum Gasteiger partial charge on any atom is 0.393 e. The van der Waals surface area contributed by atoms with Crippen LogP contribution < -0.4 is 4.72 Å². The first kappa shape index (κ1) is 22.1. The van der Waals surface area contributed by atoms with Gasteiger partial charge in [-0.25, -0.2) is 13.4 Å². The molecule has 0 saturated heterocycles. The lowest BCUT2D eigenvalue weighted by atomic mass is 9.78. The van der Waals surface area contributed by atoms with E-state index < -0.39 is 28.2 Å². The van der Waals surface area contributed by atoms with Gasteiger partial charge in [0.1, 0.15) is 11.7 Å². The number of pyridine rings is 1. The van der Waals surface area contributed by atoms with Gasteiger partial charge in [-0.2, -0.15) is 18.4 Å². The number of halogens is 3. The van der Waals surface area contributed by atoms with Gasteiger partial charge in [0.05, 0.1) is 22.9 Å². The van der Waals surface area contributed by atoms with Crippen molar-refractivity contribution in [3.8, 4) is 17.3 Å². The Morgan fingerprint density at radius 2 is 1.94 bits per heavy atom. The molecule has 2 atom stereocenters. The molecular formula is C22H21F3N4O2S. The highest BCUT2D eigenvalue weighted by molar-refractivity contribution is 7.92. The molecule has 4 rings (SSSR count). The summed E-state index contributed by atoms with van der Waals surface area (Å²) in [4.78, 5) is 4.29. The first-order chi connectivity index (χ1) is 15.2. The van der Waals surface area contributed by atoms with Crippen LogP contribution >= 0.6 is 0 Å². The number of hydrogen-bond acceptors (Lipinski definition) is 4. The van der Waals surface area contributed by atoms with Crippen molar-refractivity contribution in [3.05, 3.63) is 48.2 Å². The van der Waals surface area contributed by atoms with Crippen LogP contribution in [0, 0.1) is 17.2 Å². The molecule has 0 bridgehead atoms. The summed E-state index contributed by atoms with van der Waals surface area (Å²) >= 11 is 0. The minimum atomic E-state index is -4.35. The van der Waals surface area contributed by atoms with Gasteiger partial charge >= 0.3 is 6.18 Å². The van der Waals surface area contributed by atoms with Crippen molar-refractivity contribution in [2.24, 2.45) is 5.92 Å². The zero-order chi connectivity index (χ0) is 23.1. The number of anilines is 1. The predicted molar refractivity (Wildman–Crippen MR) is 115 cm³/mol. The number of aromatic nitrogens is 2. The van der Waals surface area contributed by atoms with Crippen LogP contribution in [0.2, 0.25) is 0 Å². The zero-order valence-corrected chi connectivity index (χ0v) is 18.0. The lowest BCUT2D eigenvalue weighted by Crippen LogP contribution is -2.40. The Labute approximate surface area is 183 Å². The summed E-state index contributed by atoms with van der Waals surface area (Å²) in [5, 5.41) is 10.3. The van der Waals surface area contributed by atoms with Gasteiger partial charge in [-0.15, -0.1) is 0 Å². The zero-order valence-electron chi connectivity index (χ0n) is 17.2. The van der Waals surface area contributed by atoms with E-state index in [0.29, 0.717) is 40.8 Å². The number of sulfonamides is 1. The molecule has 2 heterocycles. The van der Waals surface area contributed by atoms with E-state index in [1.807, 2.05) is 0 Å². The summed E-state index contributed by atoms with van der Waals surface area (Å²) in [5.74, 6) is -1.53. The van der Waals surface area contributed by atoms with Crippen LogP contribution in [0.1, 0.15) is 37.8 Å². The number of rotatable bonds is 6. The molecule has 10 heteroatoms. The van der Waals surface area contributed by atoms with E-state index in [4.69, 9.17) is 0 Å². The van der Waals surface area contributed by atoms with Gasteiger partial charge < -0.3 is 4.57 Å². The van der Waals surface area contributed by atoms with Crippen molar-refractivity contribution < 1.29 is 21.6 Å². The van der Waals surface area contributed by atoms with Crippen LogP contribution in [-0.4, -0.2) is 29.9 Å². The molecular weight excluding hydrogens is 441 g/mol. The summed E-state index contributed by atoms with van der Waals surface area (Å²) in [6, 6.07) is 10.9. The van der Waals surface area contributed by atoms with Crippen molar-refractivity contribution in [1.29, 1.82) is 5.26 Å². The van der Waals surface area contributed by atoms with Gasteiger partial charge in [-0.05, 0) is 49.1 Å². The summed E-state index contributed by atoms with van der Waals surface area (Å²) < 4.78 is 68.8. The second-order valence-electron chi connectivity index (χ2n) is 7.87. The van der Waals surface area contributed by atoms with Gasteiger partial charge in [-0.3, -0.25) is 4.72 Å². The Morgan fingerprint density at radius 3 is 2.50 bits per heavy atom. The Balaban J connectivity index is 1.83. The standard InChI is InChI=1S/C22H21F3N4O2S/c1-2-12-32(30,31)28-15-7-5-14(6-8-15)20-17(13-26)16-4-3-11-27-21(16)29(20)19-10-9-18(19)22(23,24)25/h3-8,11,18-19,28H,2,9-10,12H2,1H3. The molecule has 0 aliphatic heterocycles. The topological polar surface area (TPSA) is 87.8 Å². The number of nitrogens with one attached hydrogen (secondary N) is 1. The molecule has 1 fully saturated rings. The summed E-state index contributed by atoms with van der Waals surface area (Å²) in [5.41, 5.74) is 1.82. The minimum Gasteiger partial charge on any atom is -0.320 e. The lowest BCUT2D eigenvalue weighted by Gasteiger charge is -2.40. The maximum absolute atomic E-state index is 13.6. The fourth-order valence-electron chi connectivity index (χ4n) is 4.23. The van der Waals surface area contributed by atoms with Gasteiger partial charge in [-0.1, -0.05) is 19.1 Å². The van der Waals surface area contributed by atoms with Crippen molar-refractivity contribution >= 4 is 26.7 Å². The third-order valence-electron chi connectivity index (χ3n) is 5.77.